The van der Waals surface area contributed by atoms with E-state index in [1.165, 1.54) is 5.01 Å². The van der Waals surface area contributed by atoms with E-state index in [-0.39, 0.29) is 5.11 Å². The van der Waals surface area contributed by atoms with Crippen molar-refractivity contribution in [1.82, 2.24) is 5.43 Å². The molecular weight excluding hydrogens is 272 g/mol. The number of thiocarbonyl (C=S) groups is 1. The molecule has 2 aromatic carbocycles. The Morgan fingerprint density at radius 2 is 1.65 bits per heavy atom. The first-order chi connectivity index (χ1) is 9.79. The Balaban J connectivity index is 2.00. The highest BCUT2D eigenvalue weighted by molar-refractivity contribution is 7.80. The zero-order valence-corrected chi connectivity index (χ0v) is 11.3. The Morgan fingerprint density at radius 3 is 2.25 bits per heavy atom. The second-order valence-corrected chi connectivity index (χ2v) is 4.15. The molecule has 2 rings (SSSR count). The van der Waals surface area contributed by atoms with Gasteiger partial charge >= 0.3 is 0 Å². The second-order valence-electron chi connectivity index (χ2n) is 3.76. The summed E-state index contributed by atoms with van der Waals surface area (Å²) >= 11 is 5.02. The number of carbonyl (C=O) groups is 1. The quantitative estimate of drug-likeness (QED) is 0.406. The van der Waals surface area contributed by atoms with Gasteiger partial charge < -0.3 is 0 Å². The van der Waals surface area contributed by atoms with Gasteiger partial charge in [0.15, 0.2) is 0 Å². The summed E-state index contributed by atoms with van der Waals surface area (Å²) in [6.45, 7) is 0. The van der Waals surface area contributed by atoms with Gasteiger partial charge in [0, 0.05) is 0 Å². The minimum Gasteiger partial charge on any atom is -0.276 e. The van der Waals surface area contributed by atoms with Gasteiger partial charge in [-0.2, -0.15) is 0 Å². The van der Waals surface area contributed by atoms with Crippen LogP contribution in [-0.2, 0) is 4.79 Å². The average molecular weight is 284 g/mol. The Bertz CT molecular complexity index is 601. The minimum atomic E-state index is 0.102. The molecule has 0 aliphatic heterocycles. The smallest absolute Gasteiger partial charge is 0.232 e. The first-order valence-electron chi connectivity index (χ1n) is 5.86. The predicted octanol–water partition coefficient (Wildman–Crippen LogP) is 3.22. The number of amides is 1. The maximum Gasteiger partial charge on any atom is 0.232 e. The summed E-state index contributed by atoms with van der Waals surface area (Å²) < 4.78 is 0. The Kier molecular flexibility index (Phi) is 4.91. The third-order valence-corrected chi connectivity index (χ3v) is 2.54. The van der Waals surface area contributed by atoms with Crippen LogP contribution in [0.1, 0.15) is 0 Å². The molecule has 0 fully saturated rings. The Morgan fingerprint density at radius 1 is 1.05 bits per heavy atom. The van der Waals surface area contributed by atoms with Crippen LogP contribution >= 0.6 is 12.2 Å². The van der Waals surface area contributed by atoms with Gasteiger partial charge in [0.1, 0.15) is 0 Å². The van der Waals surface area contributed by atoms with E-state index in [1.54, 1.807) is 24.3 Å². The molecule has 0 heterocycles. The summed E-state index contributed by atoms with van der Waals surface area (Å²) in [4.78, 5) is 11.0. The molecule has 0 bridgehead atoms. The van der Waals surface area contributed by atoms with Crippen LogP contribution in [0.5, 0.6) is 0 Å². The van der Waals surface area contributed by atoms with Crippen molar-refractivity contribution in [3.05, 3.63) is 60.7 Å². The van der Waals surface area contributed by atoms with Gasteiger partial charge in [0.2, 0.25) is 11.5 Å². The van der Waals surface area contributed by atoms with Crippen LogP contribution in [0.2, 0.25) is 0 Å². The molecule has 1 N–H and O–H groups in total. The van der Waals surface area contributed by atoms with E-state index in [0.29, 0.717) is 17.8 Å². The molecule has 0 aliphatic rings. The van der Waals surface area contributed by atoms with Gasteiger partial charge in [0.25, 0.3) is 0 Å². The minimum absolute atomic E-state index is 0.102. The first-order valence-corrected chi connectivity index (χ1v) is 6.27. The van der Waals surface area contributed by atoms with Gasteiger partial charge in [-0.05, 0) is 36.5 Å². The highest BCUT2D eigenvalue weighted by Gasteiger charge is 2.05. The molecule has 6 heteroatoms. The number of anilines is 1. The van der Waals surface area contributed by atoms with E-state index in [4.69, 9.17) is 12.2 Å². The van der Waals surface area contributed by atoms with Gasteiger partial charge in [-0.1, -0.05) is 36.4 Å². The lowest BCUT2D eigenvalue weighted by Gasteiger charge is -2.17. The van der Waals surface area contributed by atoms with Crippen LogP contribution in [0.15, 0.2) is 70.9 Å². The van der Waals surface area contributed by atoms with Crippen LogP contribution < -0.4 is 10.4 Å². The zero-order valence-electron chi connectivity index (χ0n) is 10.5. The number of nitrogens with zero attached hydrogens (tertiary/aromatic N) is 3. The summed E-state index contributed by atoms with van der Waals surface area (Å²) in [6, 6.07) is 18.3. The first kappa shape index (κ1) is 13.8. The van der Waals surface area contributed by atoms with Gasteiger partial charge in [-0.15, -0.1) is 10.2 Å². The fourth-order valence-corrected chi connectivity index (χ4v) is 1.60. The fraction of sp³-hybridized carbons (Fsp3) is 0. The van der Waals surface area contributed by atoms with Crippen molar-refractivity contribution in [1.29, 1.82) is 0 Å². The Hall–Kier alpha value is -2.60. The van der Waals surface area contributed by atoms with Gasteiger partial charge in [-0.3, -0.25) is 10.2 Å². The molecule has 0 unspecified atom stereocenters. The summed E-state index contributed by atoms with van der Waals surface area (Å²) in [5.41, 5.74) is 4.04. The molecule has 0 saturated heterocycles. The highest BCUT2D eigenvalue weighted by Crippen LogP contribution is 2.11. The summed E-state index contributed by atoms with van der Waals surface area (Å²) in [5, 5.41) is 9.16. The zero-order chi connectivity index (χ0) is 14.2. The van der Waals surface area contributed by atoms with Crippen molar-refractivity contribution < 1.29 is 4.79 Å². The molecule has 100 valence electrons. The number of carbonyl (C=O) groups excluding carboxylic acids is 1. The van der Waals surface area contributed by atoms with Crippen LogP contribution in [0.3, 0.4) is 0 Å². The molecule has 1 amide bonds. The molecule has 2 aromatic rings. The number of azo groups is 1. The van der Waals surface area contributed by atoms with Crippen molar-refractivity contribution in [3.63, 3.8) is 0 Å². The number of hydrogen-bond donors (Lipinski definition) is 1. The lowest BCUT2D eigenvalue weighted by atomic mass is 10.3. The van der Waals surface area contributed by atoms with Crippen molar-refractivity contribution in [3.8, 4) is 0 Å². The second kappa shape index (κ2) is 7.10. The standard InChI is InChI=1S/C14H12N4OS/c19-11-18(13-9-5-2-6-10-13)17-14(20)16-15-12-7-3-1-4-8-12/h1-11H,(H,17,20). The maximum atomic E-state index is 11.0. The van der Waals surface area contributed by atoms with Crippen LogP contribution in [0.4, 0.5) is 11.4 Å². The topological polar surface area (TPSA) is 57.1 Å². The number of rotatable bonds is 4. The van der Waals surface area contributed by atoms with Gasteiger partial charge in [0.05, 0.1) is 11.4 Å². The fourth-order valence-electron chi connectivity index (χ4n) is 1.46. The average Bonchev–Trinajstić information content (AvgIpc) is 2.52. The third kappa shape index (κ3) is 3.96. The number of para-hydroxylation sites is 1. The maximum absolute atomic E-state index is 11.0. The molecule has 0 saturated carbocycles. The molecular formula is C14H12N4OS. The van der Waals surface area contributed by atoms with E-state index in [0.717, 1.165) is 0 Å². The SMILES string of the molecule is O=CN(NC(=S)N=Nc1ccccc1)c1ccccc1. The largest absolute Gasteiger partial charge is 0.276 e. The number of benzene rings is 2. The predicted molar refractivity (Wildman–Crippen MR) is 81.7 cm³/mol. The summed E-state index contributed by atoms with van der Waals surface area (Å²) in [5.74, 6) is 0. The van der Waals surface area contributed by atoms with E-state index in [1.807, 2.05) is 36.4 Å². The number of nitrogens with one attached hydrogen (secondary N) is 1. The molecule has 5 nitrogen and oxygen atoms in total. The highest BCUT2D eigenvalue weighted by atomic mass is 32.1. The molecule has 20 heavy (non-hydrogen) atoms. The van der Waals surface area contributed by atoms with Crippen molar-refractivity contribution in [2.75, 3.05) is 5.01 Å². The van der Waals surface area contributed by atoms with Crippen LogP contribution in [0, 0.1) is 0 Å². The van der Waals surface area contributed by atoms with E-state index in [9.17, 15) is 4.79 Å². The number of hydrazine groups is 1. The Labute approximate surface area is 121 Å². The molecule has 0 radical (unpaired) electrons. The number of hydrogen-bond acceptors (Lipinski definition) is 3. The molecule has 0 aromatic heterocycles. The molecule has 0 spiro atoms. The monoisotopic (exact) mass is 284 g/mol. The normalized spacial score (nSPS) is 10.2. The van der Waals surface area contributed by atoms with Gasteiger partial charge in [-0.25, -0.2) is 5.01 Å². The van der Waals surface area contributed by atoms with Crippen LogP contribution in [0.25, 0.3) is 0 Å². The third-order valence-electron chi connectivity index (χ3n) is 2.37. The summed E-state index contributed by atoms with van der Waals surface area (Å²) in [6.07, 6.45) is 0.625. The van der Waals surface area contributed by atoms with Crippen molar-refractivity contribution >= 4 is 35.1 Å². The van der Waals surface area contributed by atoms with E-state index in [2.05, 4.69) is 15.7 Å². The summed E-state index contributed by atoms with van der Waals surface area (Å²) in [7, 11) is 0. The molecule has 0 aliphatic carbocycles. The van der Waals surface area contributed by atoms with Crippen molar-refractivity contribution in [2.24, 2.45) is 10.2 Å². The van der Waals surface area contributed by atoms with E-state index >= 15 is 0 Å². The van der Waals surface area contributed by atoms with Crippen molar-refractivity contribution in [2.45, 2.75) is 0 Å². The van der Waals surface area contributed by atoms with Crippen LogP contribution in [-0.4, -0.2) is 11.5 Å². The lowest BCUT2D eigenvalue weighted by molar-refractivity contribution is -0.107. The molecule has 0 atom stereocenters. The lowest BCUT2D eigenvalue weighted by Crippen LogP contribution is -2.39. The van der Waals surface area contributed by atoms with E-state index < -0.39 is 0 Å².